The van der Waals surface area contributed by atoms with E-state index in [1.54, 1.807) is 12.1 Å². The number of alkyl halides is 3. The Labute approximate surface area is 229 Å². The standard InChI is InChI=1S/C25H24F3NO5S.Na.H/c1-16(29-15-23(30)19-3-2-4-20(14-19)25(26,27)28)13-17-5-9-21(10-6-17)35(33,34)22-11-7-18(8-12-22)24(31)32;;/h2-12,14,16,23,29-30H,13,15H2,1H3,(H,31,32);;/t16-,23-;;/m1../s1. The number of carbonyl (C=O) groups is 1. The van der Waals surface area contributed by atoms with E-state index in [0.29, 0.717) is 6.42 Å². The maximum absolute atomic E-state index is 12.9. The van der Waals surface area contributed by atoms with Crippen molar-refractivity contribution in [2.24, 2.45) is 0 Å². The summed E-state index contributed by atoms with van der Waals surface area (Å²) in [6.45, 7) is 1.88. The van der Waals surface area contributed by atoms with Crippen LogP contribution >= 0.6 is 0 Å². The van der Waals surface area contributed by atoms with Gasteiger partial charge in [0.15, 0.2) is 0 Å². The summed E-state index contributed by atoms with van der Waals surface area (Å²) in [4.78, 5) is 11.0. The van der Waals surface area contributed by atoms with Crippen LogP contribution in [0.5, 0.6) is 0 Å². The molecular weight excluding hydrogens is 506 g/mol. The van der Waals surface area contributed by atoms with Gasteiger partial charge in [0, 0.05) is 12.6 Å². The molecular formula is C25H25F3NNaO5S. The fourth-order valence-corrected chi connectivity index (χ4v) is 4.76. The van der Waals surface area contributed by atoms with Gasteiger partial charge in [0.05, 0.1) is 27.0 Å². The van der Waals surface area contributed by atoms with E-state index in [2.05, 4.69) is 5.32 Å². The molecule has 0 radical (unpaired) electrons. The molecule has 3 rings (SSSR count). The Kier molecular flexibility index (Phi) is 10.3. The van der Waals surface area contributed by atoms with Crippen LogP contribution in [0.2, 0.25) is 0 Å². The Morgan fingerprint density at radius 3 is 2.06 bits per heavy atom. The third-order valence-electron chi connectivity index (χ3n) is 5.45. The molecule has 0 amide bonds. The van der Waals surface area contributed by atoms with Gasteiger partial charge in [-0.15, -0.1) is 0 Å². The van der Waals surface area contributed by atoms with E-state index >= 15 is 0 Å². The van der Waals surface area contributed by atoms with E-state index in [1.165, 1.54) is 48.5 Å². The molecule has 0 aliphatic carbocycles. The topological polar surface area (TPSA) is 104 Å². The molecule has 3 aromatic rings. The van der Waals surface area contributed by atoms with Crippen molar-refractivity contribution < 1.29 is 36.6 Å². The zero-order valence-electron chi connectivity index (χ0n) is 18.7. The van der Waals surface area contributed by atoms with Gasteiger partial charge < -0.3 is 15.5 Å². The minimum atomic E-state index is -4.49. The molecule has 0 unspecified atom stereocenters. The Morgan fingerprint density at radius 2 is 1.53 bits per heavy atom. The third-order valence-corrected chi connectivity index (χ3v) is 7.23. The summed E-state index contributed by atoms with van der Waals surface area (Å²) in [6, 6.07) is 15.6. The van der Waals surface area contributed by atoms with Crippen molar-refractivity contribution in [3.05, 3.63) is 95.1 Å². The summed E-state index contributed by atoms with van der Waals surface area (Å²) in [7, 11) is -3.81. The van der Waals surface area contributed by atoms with Gasteiger partial charge in [-0.05, 0) is 73.0 Å². The van der Waals surface area contributed by atoms with Crippen LogP contribution in [0.15, 0.2) is 82.6 Å². The maximum atomic E-state index is 12.9. The molecule has 11 heteroatoms. The molecule has 0 spiro atoms. The third kappa shape index (κ3) is 7.64. The first-order valence-corrected chi connectivity index (χ1v) is 12.1. The van der Waals surface area contributed by atoms with Gasteiger partial charge in [-0.3, -0.25) is 0 Å². The predicted molar refractivity (Wildman–Crippen MR) is 130 cm³/mol. The number of aliphatic hydroxyl groups excluding tert-OH is 1. The SMILES string of the molecule is C[C@H](Cc1ccc(S(=O)(=O)c2ccc(C(=O)O)cc2)cc1)NC[C@@H](O)c1cccc(C(F)(F)F)c1.[NaH]. The van der Waals surface area contributed by atoms with Crippen molar-refractivity contribution in [2.45, 2.75) is 41.5 Å². The molecule has 2 atom stereocenters. The number of hydrogen-bond donors (Lipinski definition) is 3. The summed E-state index contributed by atoms with van der Waals surface area (Å²) in [5.74, 6) is -1.15. The first kappa shape index (κ1) is 30.0. The predicted octanol–water partition coefficient (Wildman–Crippen LogP) is 3.84. The monoisotopic (exact) mass is 531 g/mol. The van der Waals surface area contributed by atoms with E-state index < -0.39 is 33.7 Å². The quantitative estimate of drug-likeness (QED) is 0.363. The number of sulfone groups is 1. The van der Waals surface area contributed by atoms with Crippen molar-refractivity contribution in [3.8, 4) is 0 Å². The number of hydrogen-bond acceptors (Lipinski definition) is 5. The second kappa shape index (κ2) is 12.4. The second-order valence-corrected chi connectivity index (χ2v) is 10.1. The van der Waals surface area contributed by atoms with Crippen molar-refractivity contribution >= 4 is 45.4 Å². The van der Waals surface area contributed by atoms with Gasteiger partial charge in [0.2, 0.25) is 9.84 Å². The van der Waals surface area contributed by atoms with E-state index in [4.69, 9.17) is 5.11 Å². The zero-order chi connectivity index (χ0) is 25.8. The number of benzene rings is 3. The molecule has 0 aliphatic rings. The van der Waals surface area contributed by atoms with Gasteiger partial charge in [0.25, 0.3) is 0 Å². The molecule has 0 saturated carbocycles. The molecule has 188 valence electrons. The molecule has 3 N–H and O–H groups in total. The van der Waals surface area contributed by atoms with Crippen LogP contribution in [0, 0.1) is 0 Å². The van der Waals surface area contributed by atoms with Crippen LogP contribution in [0.4, 0.5) is 13.2 Å². The number of carboxylic acids is 1. The van der Waals surface area contributed by atoms with Gasteiger partial charge in [-0.2, -0.15) is 13.2 Å². The minimum absolute atomic E-state index is 0. The average molecular weight is 532 g/mol. The zero-order valence-corrected chi connectivity index (χ0v) is 19.5. The van der Waals surface area contributed by atoms with E-state index in [9.17, 15) is 31.5 Å². The number of aromatic carboxylic acids is 1. The van der Waals surface area contributed by atoms with Crippen LogP contribution < -0.4 is 5.32 Å². The number of nitrogens with one attached hydrogen (secondary N) is 1. The molecule has 0 aliphatic heterocycles. The number of carboxylic acid groups (broad SMARTS) is 1. The molecule has 0 aromatic heterocycles. The van der Waals surface area contributed by atoms with Crippen molar-refractivity contribution in [1.29, 1.82) is 0 Å². The van der Waals surface area contributed by atoms with Gasteiger partial charge in [-0.1, -0.05) is 24.3 Å². The molecule has 0 saturated heterocycles. The second-order valence-electron chi connectivity index (χ2n) is 8.13. The summed E-state index contributed by atoms with van der Waals surface area (Å²) in [6.07, 6.45) is -5.12. The molecule has 0 bridgehead atoms. The molecule has 3 aromatic carbocycles. The summed E-state index contributed by atoms with van der Waals surface area (Å²) < 4.78 is 64.2. The normalized spacial score (nSPS) is 13.5. The number of halogens is 3. The summed E-state index contributed by atoms with van der Waals surface area (Å²) in [5, 5.41) is 22.3. The summed E-state index contributed by atoms with van der Waals surface area (Å²) in [5.41, 5.74) is 0.137. The average Bonchev–Trinajstić information content (AvgIpc) is 2.82. The Balaban J connectivity index is 0.00000456. The fourth-order valence-electron chi connectivity index (χ4n) is 3.50. The molecule has 36 heavy (non-hydrogen) atoms. The fraction of sp³-hybridized carbons (Fsp3) is 0.240. The number of rotatable bonds is 9. The molecule has 0 heterocycles. The molecule has 0 fully saturated rings. The van der Waals surface area contributed by atoms with Crippen molar-refractivity contribution in [1.82, 2.24) is 5.32 Å². The number of aliphatic hydroxyl groups is 1. The van der Waals surface area contributed by atoms with Gasteiger partial charge in [0.1, 0.15) is 0 Å². The van der Waals surface area contributed by atoms with Crippen LogP contribution in [0.1, 0.15) is 40.1 Å². The van der Waals surface area contributed by atoms with Crippen molar-refractivity contribution in [2.75, 3.05) is 6.54 Å². The Morgan fingerprint density at radius 1 is 0.972 bits per heavy atom. The Hall–Kier alpha value is -2.21. The van der Waals surface area contributed by atoms with Gasteiger partial charge in [-0.25, -0.2) is 13.2 Å². The van der Waals surface area contributed by atoms with Crippen molar-refractivity contribution in [3.63, 3.8) is 0 Å². The van der Waals surface area contributed by atoms with Crippen LogP contribution in [0.3, 0.4) is 0 Å². The van der Waals surface area contributed by atoms with Crippen LogP contribution in [-0.4, -0.2) is 66.7 Å². The van der Waals surface area contributed by atoms with E-state index in [-0.39, 0.29) is 63.1 Å². The molecule has 6 nitrogen and oxygen atoms in total. The Bertz CT molecular complexity index is 1280. The van der Waals surface area contributed by atoms with Crippen LogP contribution in [-0.2, 0) is 22.4 Å². The van der Waals surface area contributed by atoms with Gasteiger partial charge >= 0.3 is 41.7 Å². The van der Waals surface area contributed by atoms with E-state index in [1.807, 2.05) is 6.92 Å². The first-order valence-electron chi connectivity index (χ1n) is 10.6. The van der Waals surface area contributed by atoms with Crippen LogP contribution in [0.25, 0.3) is 0 Å². The van der Waals surface area contributed by atoms with E-state index in [0.717, 1.165) is 17.7 Å². The first-order chi connectivity index (χ1) is 16.4. The summed E-state index contributed by atoms with van der Waals surface area (Å²) >= 11 is 0.